The molecule has 110 valence electrons. The van der Waals surface area contributed by atoms with Crippen LogP contribution in [0, 0.1) is 0 Å². The molecule has 0 fully saturated rings. The van der Waals surface area contributed by atoms with Gasteiger partial charge >= 0.3 is 0 Å². The van der Waals surface area contributed by atoms with Crippen LogP contribution in [-0.2, 0) is 20.7 Å². The number of amides is 2. The van der Waals surface area contributed by atoms with Gasteiger partial charge in [-0.15, -0.1) is 0 Å². The molecule has 20 heavy (non-hydrogen) atoms. The van der Waals surface area contributed by atoms with Gasteiger partial charge in [0.05, 0.1) is 13.0 Å². The van der Waals surface area contributed by atoms with E-state index in [9.17, 15) is 14.7 Å². The zero-order valence-electron chi connectivity index (χ0n) is 11.5. The van der Waals surface area contributed by atoms with Crippen molar-refractivity contribution in [1.29, 1.82) is 0 Å². The molecule has 0 saturated carbocycles. The molecule has 0 atom stereocenters. The number of rotatable bonds is 8. The molecule has 0 heterocycles. The van der Waals surface area contributed by atoms with E-state index in [2.05, 4.69) is 10.6 Å². The van der Waals surface area contributed by atoms with E-state index in [1.807, 2.05) is 0 Å². The Morgan fingerprint density at radius 2 is 1.85 bits per heavy atom. The lowest BCUT2D eigenvalue weighted by Crippen LogP contribution is -2.32. The van der Waals surface area contributed by atoms with Crippen molar-refractivity contribution in [3.63, 3.8) is 0 Å². The topological polar surface area (TPSA) is 87.7 Å². The number of phenolic OH excluding ortho intramolecular Hbond substituents is 1. The van der Waals surface area contributed by atoms with Crippen molar-refractivity contribution in [3.05, 3.63) is 29.8 Å². The molecule has 6 heteroatoms. The zero-order valence-corrected chi connectivity index (χ0v) is 11.5. The molecular formula is C14H20N2O4. The summed E-state index contributed by atoms with van der Waals surface area (Å²) in [5.74, 6) is -0.263. The van der Waals surface area contributed by atoms with Crippen LogP contribution in [0.2, 0.25) is 0 Å². The van der Waals surface area contributed by atoms with E-state index in [0.717, 1.165) is 0 Å². The number of hydrogen-bond donors (Lipinski definition) is 3. The van der Waals surface area contributed by atoms with E-state index in [4.69, 9.17) is 4.74 Å². The molecule has 0 radical (unpaired) electrons. The molecule has 1 aromatic carbocycles. The van der Waals surface area contributed by atoms with Gasteiger partial charge in [-0.25, -0.2) is 0 Å². The van der Waals surface area contributed by atoms with E-state index in [-0.39, 0.29) is 37.0 Å². The smallest absolute Gasteiger partial charge is 0.224 e. The lowest BCUT2D eigenvalue weighted by atomic mass is 10.1. The number of hydrogen-bond acceptors (Lipinski definition) is 4. The van der Waals surface area contributed by atoms with Crippen LogP contribution in [0.15, 0.2) is 24.3 Å². The standard InChI is InChI=1S/C14H20N2O4/c1-20-9-8-16-13(18)6-7-15-14(19)10-11-4-2-3-5-12(11)17/h2-5,17H,6-10H2,1H3,(H,15,19)(H,16,18). The molecule has 3 N–H and O–H groups in total. The Kier molecular flexibility index (Phi) is 7.13. The van der Waals surface area contributed by atoms with Crippen LogP contribution in [0.5, 0.6) is 5.75 Å². The maximum Gasteiger partial charge on any atom is 0.224 e. The Hall–Kier alpha value is -2.08. The molecule has 0 bridgehead atoms. The van der Waals surface area contributed by atoms with E-state index >= 15 is 0 Å². The summed E-state index contributed by atoms with van der Waals surface area (Å²) in [5.41, 5.74) is 0.564. The van der Waals surface area contributed by atoms with Gasteiger partial charge in [0.15, 0.2) is 0 Å². The summed E-state index contributed by atoms with van der Waals surface area (Å²) in [6.45, 7) is 1.19. The Labute approximate surface area is 118 Å². The third-order valence-corrected chi connectivity index (χ3v) is 2.65. The summed E-state index contributed by atoms with van der Waals surface area (Å²) in [6.07, 6.45) is 0.314. The molecule has 0 aromatic heterocycles. The fraction of sp³-hybridized carbons (Fsp3) is 0.429. The monoisotopic (exact) mass is 280 g/mol. The van der Waals surface area contributed by atoms with Crippen molar-refractivity contribution < 1.29 is 19.4 Å². The molecule has 0 spiro atoms. The quantitative estimate of drug-likeness (QED) is 0.594. The van der Waals surface area contributed by atoms with Crippen LogP contribution in [-0.4, -0.2) is 43.7 Å². The van der Waals surface area contributed by atoms with Crippen molar-refractivity contribution in [1.82, 2.24) is 10.6 Å². The lowest BCUT2D eigenvalue weighted by molar-refractivity contribution is -0.122. The van der Waals surface area contributed by atoms with Crippen LogP contribution in [0.4, 0.5) is 0 Å². The Morgan fingerprint density at radius 3 is 2.55 bits per heavy atom. The molecule has 0 saturated heterocycles. The molecule has 6 nitrogen and oxygen atoms in total. The highest BCUT2D eigenvalue weighted by Gasteiger charge is 2.07. The number of para-hydroxylation sites is 1. The van der Waals surface area contributed by atoms with Crippen LogP contribution in [0.25, 0.3) is 0 Å². The molecule has 2 amide bonds. The molecule has 0 aliphatic carbocycles. The minimum atomic E-state index is -0.226. The number of carbonyl (C=O) groups is 2. The summed E-state index contributed by atoms with van der Waals surface area (Å²) in [4.78, 5) is 23.0. The molecule has 0 unspecified atom stereocenters. The van der Waals surface area contributed by atoms with E-state index in [1.165, 1.54) is 6.07 Å². The van der Waals surface area contributed by atoms with E-state index < -0.39 is 0 Å². The summed E-state index contributed by atoms with van der Waals surface area (Å²) in [5, 5.41) is 14.8. The summed E-state index contributed by atoms with van der Waals surface area (Å²) in [7, 11) is 1.56. The predicted octanol–water partition coefficient (Wildman–Crippen LogP) is 0.204. The average Bonchev–Trinajstić information content (AvgIpc) is 2.42. The van der Waals surface area contributed by atoms with Crippen molar-refractivity contribution >= 4 is 11.8 Å². The largest absolute Gasteiger partial charge is 0.508 e. The van der Waals surface area contributed by atoms with Gasteiger partial charge < -0.3 is 20.5 Å². The normalized spacial score (nSPS) is 10.1. The molecule has 0 aliphatic heterocycles. The van der Waals surface area contributed by atoms with Gasteiger partial charge in [0.1, 0.15) is 5.75 Å². The molecule has 1 aromatic rings. The number of carbonyl (C=O) groups excluding carboxylic acids is 2. The number of benzene rings is 1. The maximum atomic E-state index is 11.6. The van der Waals surface area contributed by atoms with Crippen molar-refractivity contribution in [2.45, 2.75) is 12.8 Å². The van der Waals surface area contributed by atoms with E-state index in [0.29, 0.717) is 18.7 Å². The van der Waals surface area contributed by atoms with Gasteiger partial charge in [-0.2, -0.15) is 0 Å². The first-order chi connectivity index (χ1) is 9.63. The number of phenols is 1. The lowest BCUT2D eigenvalue weighted by Gasteiger charge is -2.07. The van der Waals surface area contributed by atoms with Crippen molar-refractivity contribution in [2.24, 2.45) is 0 Å². The van der Waals surface area contributed by atoms with Gasteiger partial charge in [-0.3, -0.25) is 9.59 Å². The summed E-state index contributed by atoms with van der Waals surface area (Å²) >= 11 is 0. The SMILES string of the molecule is COCCNC(=O)CCNC(=O)Cc1ccccc1O. The third kappa shape index (κ3) is 6.19. The van der Waals surface area contributed by atoms with Crippen LogP contribution < -0.4 is 10.6 Å². The Bertz CT molecular complexity index is 449. The summed E-state index contributed by atoms with van der Waals surface area (Å²) in [6, 6.07) is 6.67. The third-order valence-electron chi connectivity index (χ3n) is 2.65. The number of ether oxygens (including phenoxy) is 1. The minimum Gasteiger partial charge on any atom is -0.508 e. The fourth-order valence-corrected chi connectivity index (χ4v) is 1.59. The molecule has 1 rings (SSSR count). The second kappa shape index (κ2) is 8.92. The molecular weight excluding hydrogens is 260 g/mol. The number of nitrogens with one attached hydrogen (secondary N) is 2. The van der Waals surface area contributed by atoms with Gasteiger partial charge in [-0.1, -0.05) is 18.2 Å². The second-order valence-electron chi connectivity index (χ2n) is 4.25. The van der Waals surface area contributed by atoms with Gasteiger partial charge in [0.25, 0.3) is 0 Å². The van der Waals surface area contributed by atoms with Gasteiger partial charge in [0, 0.05) is 32.2 Å². The minimum absolute atomic E-state index is 0.0952. The molecule has 0 aliphatic rings. The predicted molar refractivity (Wildman–Crippen MR) is 74.3 cm³/mol. The second-order valence-corrected chi connectivity index (χ2v) is 4.25. The average molecular weight is 280 g/mol. The van der Waals surface area contributed by atoms with Crippen LogP contribution in [0.3, 0.4) is 0 Å². The highest BCUT2D eigenvalue weighted by Crippen LogP contribution is 2.15. The Balaban J connectivity index is 2.20. The number of aromatic hydroxyl groups is 1. The van der Waals surface area contributed by atoms with Crippen LogP contribution in [0.1, 0.15) is 12.0 Å². The van der Waals surface area contributed by atoms with Crippen LogP contribution >= 0.6 is 0 Å². The first-order valence-corrected chi connectivity index (χ1v) is 6.42. The highest BCUT2D eigenvalue weighted by molar-refractivity contribution is 5.80. The van der Waals surface area contributed by atoms with Gasteiger partial charge in [-0.05, 0) is 6.07 Å². The first-order valence-electron chi connectivity index (χ1n) is 6.42. The van der Waals surface area contributed by atoms with E-state index in [1.54, 1.807) is 25.3 Å². The highest BCUT2D eigenvalue weighted by atomic mass is 16.5. The summed E-state index contributed by atoms with van der Waals surface area (Å²) < 4.78 is 4.80. The van der Waals surface area contributed by atoms with Crippen molar-refractivity contribution in [2.75, 3.05) is 26.8 Å². The number of methoxy groups -OCH3 is 1. The fourth-order valence-electron chi connectivity index (χ4n) is 1.59. The first kappa shape index (κ1) is 16.0. The zero-order chi connectivity index (χ0) is 14.8. The van der Waals surface area contributed by atoms with Gasteiger partial charge in [0.2, 0.25) is 11.8 Å². The Morgan fingerprint density at radius 1 is 1.15 bits per heavy atom. The van der Waals surface area contributed by atoms with Crippen molar-refractivity contribution in [3.8, 4) is 5.75 Å². The maximum absolute atomic E-state index is 11.6.